The number of halogens is 3. The molecule has 0 bridgehead atoms. The quantitative estimate of drug-likeness (QED) is 0.665. The molecule has 0 fully saturated rings. The van der Waals surface area contributed by atoms with Crippen LogP contribution in [0.4, 0.5) is 13.2 Å². The average Bonchev–Trinajstić information content (AvgIpc) is 2.74. The Balaban J connectivity index is 2.25. The molecule has 0 aliphatic carbocycles. The first-order chi connectivity index (χ1) is 8.65. The predicted octanol–water partition coefficient (Wildman–Crippen LogP) is 2.21. The van der Waals surface area contributed by atoms with Gasteiger partial charge in [0.05, 0.1) is 5.56 Å². The minimum atomic E-state index is -0.992. The minimum Gasteiger partial charge on any atom is -0.219 e. The molecule has 7 heteroatoms. The summed E-state index contributed by atoms with van der Waals surface area (Å²) in [5, 5.41) is 3.81. The highest BCUT2D eigenvalue weighted by Crippen LogP contribution is 2.26. The molecule has 90 valence electrons. The van der Waals surface area contributed by atoms with Gasteiger partial charge in [0.15, 0.2) is 0 Å². The van der Waals surface area contributed by atoms with Crippen LogP contribution in [0.3, 0.4) is 0 Å². The Labute approximate surface area is 98.7 Å². The molecule has 0 amide bonds. The number of fused-ring (bicyclic) bond motifs is 1. The first-order valence-electron chi connectivity index (χ1n) is 4.95. The van der Waals surface area contributed by atoms with Gasteiger partial charge >= 0.3 is 0 Å². The third-order valence-corrected chi connectivity index (χ3v) is 2.43. The van der Waals surface area contributed by atoms with E-state index in [1.807, 2.05) is 0 Å². The van der Waals surface area contributed by atoms with Gasteiger partial charge in [-0.05, 0) is 0 Å². The van der Waals surface area contributed by atoms with Crippen molar-refractivity contribution in [2.24, 2.45) is 0 Å². The van der Waals surface area contributed by atoms with Crippen molar-refractivity contribution in [2.75, 3.05) is 0 Å². The van der Waals surface area contributed by atoms with E-state index in [2.05, 4.69) is 15.1 Å². The third kappa shape index (κ3) is 1.60. The average molecular weight is 250 g/mol. The van der Waals surface area contributed by atoms with Crippen molar-refractivity contribution in [2.45, 2.75) is 0 Å². The van der Waals surface area contributed by atoms with E-state index >= 15 is 0 Å². The Morgan fingerprint density at radius 3 is 2.44 bits per heavy atom. The molecule has 0 unspecified atom stereocenters. The first kappa shape index (κ1) is 10.7. The Hall–Kier alpha value is -2.44. The van der Waals surface area contributed by atoms with Gasteiger partial charge in [0.1, 0.15) is 23.8 Å². The van der Waals surface area contributed by atoms with Crippen LogP contribution < -0.4 is 0 Å². The van der Waals surface area contributed by atoms with E-state index in [0.29, 0.717) is 17.9 Å². The van der Waals surface area contributed by atoms with Crippen molar-refractivity contribution in [1.29, 1.82) is 0 Å². The maximum Gasteiger partial charge on any atom is 0.252 e. The lowest BCUT2D eigenvalue weighted by atomic mass is 10.1. The fourth-order valence-corrected chi connectivity index (χ4v) is 1.67. The van der Waals surface area contributed by atoms with Crippen molar-refractivity contribution >= 4 is 5.78 Å². The van der Waals surface area contributed by atoms with Crippen molar-refractivity contribution in [3.8, 4) is 11.1 Å². The number of rotatable bonds is 1. The highest BCUT2D eigenvalue weighted by Gasteiger charge is 2.14. The van der Waals surface area contributed by atoms with Gasteiger partial charge in [-0.15, -0.1) is 0 Å². The van der Waals surface area contributed by atoms with Crippen LogP contribution in [0, 0.1) is 17.5 Å². The fraction of sp³-hybridized carbons (Fsp3) is 0. The van der Waals surface area contributed by atoms with Gasteiger partial charge in [-0.2, -0.15) is 10.1 Å². The van der Waals surface area contributed by atoms with Crippen LogP contribution in [0.5, 0.6) is 0 Å². The van der Waals surface area contributed by atoms with Crippen LogP contribution in [0.1, 0.15) is 0 Å². The smallest absolute Gasteiger partial charge is 0.219 e. The highest BCUT2D eigenvalue weighted by molar-refractivity contribution is 5.63. The van der Waals surface area contributed by atoms with E-state index in [1.165, 1.54) is 23.2 Å². The van der Waals surface area contributed by atoms with E-state index in [-0.39, 0.29) is 11.1 Å². The maximum atomic E-state index is 13.6. The summed E-state index contributed by atoms with van der Waals surface area (Å²) in [5.41, 5.74) is -0.190. The number of nitrogens with zero attached hydrogens (tertiary/aromatic N) is 4. The number of hydrogen-bond acceptors (Lipinski definition) is 3. The predicted molar refractivity (Wildman–Crippen MR) is 56.1 cm³/mol. The Morgan fingerprint density at radius 1 is 1.00 bits per heavy atom. The summed E-state index contributed by atoms with van der Waals surface area (Å²) in [5.74, 6) is -2.65. The van der Waals surface area contributed by atoms with E-state index in [4.69, 9.17) is 0 Å². The molecule has 0 radical (unpaired) electrons. The maximum absolute atomic E-state index is 13.6. The Morgan fingerprint density at radius 2 is 1.72 bits per heavy atom. The molecule has 4 nitrogen and oxygen atoms in total. The third-order valence-electron chi connectivity index (χ3n) is 2.43. The first-order valence-corrected chi connectivity index (χ1v) is 4.95. The molecule has 0 saturated carbocycles. The van der Waals surface area contributed by atoms with Gasteiger partial charge in [0, 0.05) is 30.1 Å². The number of aromatic nitrogens is 4. The van der Waals surface area contributed by atoms with Gasteiger partial charge < -0.3 is 0 Å². The van der Waals surface area contributed by atoms with E-state index in [9.17, 15) is 13.2 Å². The van der Waals surface area contributed by atoms with Crippen LogP contribution in [0.25, 0.3) is 16.9 Å². The van der Waals surface area contributed by atoms with Gasteiger partial charge in [0.25, 0.3) is 5.78 Å². The summed E-state index contributed by atoms with van der Waals surface area (Å²) < 4.78 is 41.2. The molecule has 18 heavy (non-hydrogen) atoms. The molecule has 2 aromatic heterocycles. The van der Waals surface area contributed by atoms with Crippen LogP contribution in [0.2, 0.25) is 0 Å². The van der Waals surface area contributed by atoms with Crippen LogP contribution >= 0.6 is 0 Å². The monoisotopic (exact) mass is 250 g/mol. The zero-order chi connectivity index (χ0) is 12.7. The van der Waals surface area contributed by atoms with Crippen molar-refractivity contribution in [3.63, 3.8) is 0 Å². The number of hydrogen-bond donors (Lipinski definition) is 0. The summed E-state index contributed by atoms with van der Waals surface area (Å²) in [6.45, 7) is 0. The lowest BCUT2D eigenvalue weighted by molar-refractivity contribution is 0.548. The summed E-state index contributed by atoms with van der Waals surface area (Å²) in [7, 11) is 0. The lowest BCUT2D eigenvalue weighted by Crippen LogP contribution is -1.97. The van der Waals surface area contributed by atoms with Crippen molar-refractivity contribution in [1.82, 2.24) is 19.6 Å². The number of benzene rings is 1. The molecule has 0 spiro atoms. The van der Waals surface area contributed by atoms with Gasteiger partial charge in [0.2, 0.25) is 0 Å². The standard InChI is InChI=1S/C11H5F3N4/c12-7-1-8(13)10(9(14)2-7)6-3-15-11-16-5-17-18(11)4-6/h1-5H. The molecule has 0 aliphatic heterocycles. The molecular weight excluding hydrogens is 245 g/mol. The summed E-state index contributed by atoms with van der Waals surface area (Å²) in [4.78, 5) is 7.69. The zero-order valence-electron chi connectivity index (χ0n) is 8.81. The molecule has 2 heterocycles. The van der Waals surface area contributed by atoms with E-state index in [0.717, 1.165) is 0 Å². The molecule has 0 saturated heterocycles. The minimum absolute atomic E-state index is 0.156. The van der Waals surface area contributed by atoms with Crippen LogP contribution in [-0.2, 0) is 0 Å². The fourth-order valence-electron chi connectivity index (χ4n) is 1.67. The molecule has 1 aromatic carbocycles. The van der Waals surface area contributed by atoms with Crippen LogP contribution in [0.15, 0.2) is 30.9 Å². The van der Waals surface area contributed by atoms with Gasteiger partial charge in [-0.25, -0.2) is 22.7 Å². The van der Waals surface area contributed by atoms with Gasteiger partial charge in [-0.1, -0.05) is 0 Å². The van der Waals surface area contributed by atoms with Crippen molar-refractivity contribution in [3.05, 3.63) is 48.3 Å². The Kier molecular flexibility index (Phi) is 2.26. The summed E-state index contributed by atoms with van der Waals surface area (Å²) in [6.07, 6.45) is 3.89. The summed E-state index contributed by atoms with van der Waals surface area (Å²) >= 11 is 0. The summed E-state index contributed by atoms with van der Waals surface area (Å²) in [6, 6.07) is 1.23. The Bertz CT molecular complexity index is 715. The molecule has 0 N–H and O–H groups in total. The van der Waals surface area contributed by atoms with Gasteiger partial charge in [-0.3, -0.25) is 0 Å². The molecule has 0 atom stereocenters. The highest BCUT2D eigenvalue weighted by atomic mass is 19.1. The normalized spacial score (nSPS) is 11.1. The van der Waals surface area contributed by atoms with E-state index in [1.54, 1.807) is 0 Å². The second kappa shape index (κ2) is 3.80. The lowest BCUT2D eigenvalue weighted by Gasteiger charge is -2.05. The van der Waals surface area contributed by atoms with Crippen molar-refractivity contribution < 1.29 is 13.2 Å². The van der Waals surface area contributed by atoms with E-state index < -0.39 is 17.5 Å². The second-order valence-corrected chi connectivity index (χ2v) is 3.59. The molecule has 0 aliphatic rings. The largest absolute Gasteiger partial charge is 0.252 e. The van der Waals surface area contributed by atoms with Crippen LogP contribution in [-0.4, -0.2) is 19.6 Å². The second-order valence-electron chi connectivity index (χ2n) is 3.59. The molecular formula is C11H5F3N4. The molecule has 3 aromatic rings. The SMILES string of the molecule is Fc1cc(F)c(-c2cnc3ncnn3c2)c(F)c1. The molecule has 3 rings (SSSR count). The topological polar surface area (TPSA) is 43.1 Å². The zero-order valence-corrected chi connectivity index (χ0v) is 8.81.